The maximum absolute atomic E-state index is 9.26. The molecule has 0 radical (unpaired) electrons. The normalized spacial score (nSPS) is 12.9. The number of hydrogen-bond acceptors (Lipinski definition) is 4. The Kier molecular flexibility index (Phi) is 11.8. The van der Waals surface area contributed by atoms with Gasteiger partial charge in [0.1, 0.15) is 0 Å². The van der Waals surface area contributed by atoms with Gasteiger partial charge in [0.15, 0.2) is 0 Å². The number of hydrogen-bond donors (Lipinski definition) is 2. The van der Waals surface area contributed by atoms with Gasteiger partial charge in [0, 0.05) is 39.0 Å². The van der Waals surface area contributed by atoms with E-state index in [0.717, 1.165) is 0 Å². The third-order valence-corrected chi connectivity index (χ3v) is 1.93. The second-order valence-corrected chi connectivity index (χ2v) is 7.04. The van der Waals surface area contributed by atoms with E-state index in [-0.39, 0.29) is 40.0 Å². The largest absolute Gasteiger partial charge is 2.00 e. The molecule has 21 heavy (non-hydrogen) atoms. The minimum atomic E-state index is -0.246. The molecule has 0 heterocycles. The molecule has 0 saturated heterocycles. The molecular weight excluding hydrogens is 308 g/mol. The molecule has 0 aromatic carbocycles. The molecule has 6 nitrogen and oxygen atoms in total. The molecular formula is C14H32CrN4O2+2. The molecule has 0 spiro atoms. The molecule has 2 N–H and O–H groups in total. The van der Waals surface area contributed by atoms with Gasteiger partial charge in [-0.15, -0.1) is 10.2 Å². The Bertz CT molecular complexity index is 306. The third kappa shape index (κ3) is 15.3. The van der Waals surface area contributed by atoms with Crippen molar-refractivity contribution in [3.63, 3.8) is 0 Å². The molecule has 0 bridgehead atoms. The van der Waals surface area contributed by atoms with Crippen LogP contribution in [-0.2, 0) is 17.4 Å². The molecule has 124 valence electrons. The van der Waals surface area contributed by atoms with Crippen LogP contribution in [0.25, 0.3) is 0 Å². The summed E-state index contributed by atoms with van der Waals surface area (Å²) in [5.74, 6) is 0.329. The Morgan fingerprint density at radius 3 is 0.905 bits per heavy atom. The maximum Gasteiger partial charge on any atom is 2.00 e. The van der Waals surface area contributed by atoms with Gasteiger partial charge in [0.05, 0.1) is 0 Å². The van der Waals surface area contributed by atoms with Crippen molar-refractivity contribution in [2.75, 3.05) is 28.2 Å². The third-order valence-electron chi connectivity index (χ3n) is 1.93. The predicted octanol–water partition coefficient (Wildman–Crippen LogP) is 2.93. The molecule has 0 aromatic heterocycles. The summed E-state index contributed by atoms with van der Waals surface area (Å²) in [6.07, 6.45) is 0. The molecule has 0 aromatic rings. The summed E-state index contributed by atoms with van der Waals surface area (Å²) in [7, 11) is 7.12. The van der Waals surface area contributed by atoms with Crippen LogP contribution in [0.4, 0.5) is 0 Å². The van der Waals surface area contributed by atoms with Crippen LogP contribution in [0.2, 0.25) is 0 Å². The summed E-state index contributed by atoms with van der Waals surface area (Å²) in [6.45, 7) is 11.5. The van der Waals surface area contributed by atoms with E-state index >= 15 is 0 Å². The van der Waals surface area contributed by atoms with Gasteiger partial charge in [-0.25, -0.2) is 0 Å². The van der Waals surface area contributed by atoms with Crippen LogP contribution in [0.1, 0.15) is 41.5 Å². The van der Waals surface area contributed by atoms with Gasteiger partial charge in [-0.05, 0) is 0 Å². The van der Waals surface area contributed by atoms with Crippen LogP contribution in [0, 0.1) is 10.8 Å². The first-order valence-corrected chi connectivity index (χ1v) is 6.58. The molecule has 0 aliphatic rings. The van der Waals surface area contributed by atoms with Gasteiger partial charge < -0.3 is 10.2 Å². The van der Waals surface area contributed by atoms with Gasteiger partial charge in [0.2, 0.25) is 11.8 Å². The average Bonchev–Trinajstić information content (AvgIpc) is 2.13. The van der Waals surface area contributed by atoms with E-state index in [1.807, 2.05) is 41.5 Å². The van der Waals surface area contributed by atoms with Crippen molar-refractivity contribution in [3.05, 3.63) is 0 Å². The quantitative estimate of drug-likeness (QED) is 0.461. The minimum absolute atomic E-state index is 0. The summed E-state index contributed by atoms with van der Waals surface area (Å²) in [5.41, 5.74) is -0.492. The number of nitrogens with zero attached hydrogens (tertiary/aromatic N) is 4. The minimum Gasteiger partial charge on any atom is -0.495 e. The van der Waals surface area contributed by atoms with Crippen LogP contribution < -0.4 is 0 Å². The van der Waals surface area contributed by atoms with Crippen LogP contribution in [0.5, 0.6) is 0 Å². The van der Waals surface area contributed by atoms with Crippen molar-refractivity contribution in [1.29, 1.82) is 0 Å². The van der Waals surface area contributed by atoms with Crippen LogP contribution >= 0.6 is 0 Å². The molecule has 7 heteroatoms. The zero-order chi connectivity index (χ0) is 16.7. The fourth-order valence-electron chi connectivity index (χ4n) is 0.679. The van der Waals surface area contributed by atoms with Crippen molar-refractivity contribution in [1.82, 2.24) is 10.0 Å². The predicted molar refractivity (Wildman–Crippen MR) is 86.4 cm³/mol. The molecule has 0 amide bonds. The second-order valence-electron chi connectivity index (χ2n) is 7.04. The first-order chi connectivity index (χ1) is 8.67. The van der Waals surface area contributed by atoms with Crippen molar-refractivity contribution in [2.24, 2.45) is 21.0 Å². The summed E-state index contributed by atoms with van der Waals surface area (Å²) in [6, 6.07) is 0. The summed E-state index contributed by atoms with van der Waals surface area (Å²) >= 11 is 0. The number of rotatable bonds is 2. The van der Waals surface area contributed by atoms with E-state index in [2.05, 4.69) is 10.2 Å². The first kappa shape index (κ1) is 25.1. The standard InChI is InChI=1S/2C7H16N2O.Cr/c2*1-7(2,3)6(10)8-9(4)5;/h2*1-5H3,(H,8,10);/q;;+2. The van der Waals surface area contributed by atoms with E-state index < -0.39 is 0 Å². The second kappa shape index (κ2) is 9.91. The van der Waals surface area contributed by atoms with Crippen LogP contribution in [0.15, 0.2) is 10.2 Å². The Balaban J connectivity index is -0.000000295. The van der Waals surface area contributed by atoms with Crippen LogP contribution in [-0.4, -0.2) is 60.2 Å². The van der Waals surface area contributed by atoms with Gasteiger partial charge in [-0.2, -0.15) is 0 Å². The summed E-state index contributed by atoms with van der Waals surface area (Å²) in [4.78, 5) is 0. The first-order valence-electron chi connectivity index (χ1n) is 6.58. The van der Waals surface area contributed by atoms with Crippen molar-refractivity contribution in [2.45, 2.75) is 41.5 Å². The van der Waals surface area contributed by atoms with E-state index in [0.29, 0.717) is 0 Å². The smallest absolute Gasteiger partial charge is 0.495 e. The summed E-state index contributed by atoms with van der Waals surface area (Å²) in [5, 5.41) is 29.4. The fraction of sp³-hybridized carbons (Fsp3) is 0.857. The molecule has 0 aliphatic carbocycles. The van der Waals surface area contributed by atoms with Gasteiger partial charge >= 0.3 is 17.4 Å². The Labute approximate surface area is 140 Å². The van der Waals surface area contributed by atoms with Gasteiger partial charge in [-0.3, -0.25) is 10.0 Å². The SMILES string of the molecule is CN(C)/N=C(\O)C(C)(C)C.CN(C)/N=C(\O)C(C)(C)C.[Cr+2]. The Hall–Kier alpha value is -0.928. The fourth-order valence-corrected chi connectivity index (χ4v) is 0.679. The molecule has 0 unspecified atom stereocenters. The van der Waals surface area contributed by atoms with E-state index in [9.17, 15) is 10.2 Å². The van der Waals surface area contributed by atoms with E-state index in [4.69, 9.17) is 0 Å². The van der Waals surface area contributed by atoms with E-state index in [1.165, 1.54) is 0 Å². The molecule has 0 saturated carbocycles. The maximum atomic E-state index is 9.26. The number of hydrazone groups is 2. The molecule has 0 aliphatic heterocycles. The van der Waals surface area contributed by atoms with Crippen molar-refractivity contribution in [3.8, 4) is 0 Å². The Morgan fingerprint density at radius 1 is 0.667 bits per heavy atom. The van der Waals surface area contributed by atoms with Gasteiger partial charge in [-0.1, -0.05) is 41.5 Å². The monoisotopic (exact) mass is 340 g/mol. The molecule has 0 rings (SSSR count). The molecule has 0 atom stereocenters. The van der Waals surface area contributed by atoms with Crippen molar-refractivity contribution < 1.29 is 27.6 Å². The summed E-state index contributed by atoms with van der Waals surface area (Å²) < 4.78 is 0. The zero-order valence-corrected chi connectivity index (χ0v) is 16.4. The topological polar surface area (TPSA) is 71.7 Å². The van der Waals surface area contributed by atoms with Gasteiger partial charge in [0.25, 0.3) is 0 Å². The van der Waals surface area contributed by atoms with Crippen molar-refractivity contribution >= 4 is 11.8 Å². The zero-order valence-electron chi connectivity index (χ0n) is 15.1. The Morgan fingerprint density at radius 2 is 0.857 bits per heavy atom. The van der Waals surface area contributed by atoms with Crippen LogP contribution in [0.3, 0.4) is 0 Å². The molecule has 0 fully saturated rings. The number of aliphatic hydroxyl groups is 2. The number of aliphatic hydroxyl groups excluding tert-OH is 2. The van der Waals surface area contributed by atoms with E-state index in [1.54, 1.807) is 38.2 Å². The average molecular weight is 340 g/mol.